The summed E-state index contributed by atoms with van der Waals surface area (Å²) in [5.41, 5.74) is 0.343. The van der Waals surface area contributed by atoms with Crippen LogP contribution < -0.4 is 4.74 Å². The fourth-order valence-corrected chi connectivity index (χ4v) is 0.929. The average molecular weight is 179 g/mol. The fourth-order valence-electron chi connectivity index (χ4n) is 0.929. The Hall–Kier alpha value is -1.56. The van der Waals surface area contributed by atoms with Crippen LogP contribution in [-0.4, -0.2) is 6.10 Å². The lowest BCUT2D eigenvalue weighted by atomic mass is 10.3. The molecule has 0 spiro atoms. The van der Waals surface area contributed by atoms with Gasteiger partial charge in [0.25, 0.3) is 0 Å². The molecular formula is C10H10FNO. The van der Waals surface area contributed by atoms with Gasteiger partial charge in [0.1, 0.15) is 11.6 Å². The Morgan fingerprint density at radius 2 is 2.15 bits per heavy atom. The van der Waals surface area contributed by atoms with Gasteiger partial charge >= 0.3 is 0 Å². The predicted octanol–water partition coefficient (Wildman–Crippen LogP) is 3.16. The fraction of sp³-hybridized carbons (Fsp3) is 0.300. The van der Waals surface area contributed by atoms with Crippen molar-refractivity contribution in [1.82, 2.24) is 0 Å². The summed E-state index contributed by atoms with van der Waals surface area (Å²) in [6, 6.07) is 3.90. The molecule has 0 heterocycles. The first-order chi connectivity index (χ1) is 6.13. The zero-order chi connectivity index (χ0) is 9.84. The monoisotopic (exact) mass is 179 g/mol. The van der Waals surface area contributed by atoms with Gasteiger partial charge in [-0.15, -0.1) is 0 Å². The third kappa shape index (κ3) is 2.45. The second kappa shape index (κ2) is 3.90. The van der Waals surface area contributed by atoms with Gasteiger partial charge in [-0.3, -0.25) is 0 Å². The summed E-state index contributed by atoms with van der Waals surface area (Å²) in [7, 11) is 0. The third-order valence-corrected chi connectivity index (χ3v) is 1.40. The number of benzene rings is 1. The van der Waals surface area contributed by atoms with Crippen molar-refractivity contribution >= 4 is 5.69 Å². The molecule has 1 rings (SSSR count). The van der Waals surface area contributed by atoms with E-state index >= 15 is 0 Å². The van der Waals surface area contributed by atoms with Crippen molar-refractivity contribution in [2.45, 2.75) is 20.0 Å². The Labute approximate surface area is 76.8 Å². The van der Waals surface area contributed by atoms with Crippen molar-refractivity contribution in [3.8, 4) is 5.75 Å². The molecule has 3 heteroatoms. The van der Waals surface area contributed by atoms with Gasteiger partial charge in [0.05, 0.1) is 12.7 Å². The highest BCUT2D eigenvalue weighted by Gasteiger charge is 2.06. The highest BCUT2D eigenvalue weighted by molar-refractivity contribution is 5.57. The van der Waals surface area contributed by atoms with Crippen LogP contribution in [0.3, 0.4) is 0 Å². The van der Waals surface area contributed by atoms with Gasteiger partial charge in [-0.05, 0) is 26.0 Å². The van der Waals surface area contributed by atoms with Gasteiger partial charge in [0.2, 0.25) is 5.69 Å². The minimum atomic E-state index is -0.386. The second-order valence-corrected chi connectivity index (χ2v) is 2.89. The van der Waals surface area contributed by atoms with Crippen LogP contribution in [0, 0.1) is 12.4 Å². The summed E-state index contributed by atoms with van der Waals surface area (Å²) in [5, 5.41) is 0. The van der Waals surface area contributed by atoms with Gasteiger partial charge < -0.3 is 4.74 Å². The Morgan fingerprint density at radius 3 is 2.69 bits per heavy atom. The Kier molecular flexibility index (Phi) is 2.86. The highest BCUT2D eigenvalue weighted by Crippen LogP contribution is 2.28. The predicted molar refractivity (Wildman–Crippen MR) is 48.4 cm³/mol. The Bertz CT molecular complexity index is 341. The summed E-state index contributed by atoms with van der Waals surface area (Å²) < 4.78 is 18.0. The maximum atomic E-state index is 12.8. The quantitative estimate of drug-likeness (QED) is 0.636. The van der Waals surface area contributed by atoms with E-state index in [1.165, 1.54) is 18.2 Å². The van der Waals surface area contributed by atoms with Crippen molar-refractivity contribution in [3.63, 3.8) is 0 Å². The normalized spacial score (nSPS) is 9.77. The molecule has 0 atom stereocenters. The summed E-state index contributed by atoms with van der Waals surface area (Å²) in [5.74, 6) is -0.0759. The molecule has 68 valence electrons. The molecule has 0 aromatic heterocycles. The van der Waals surface area contributed by atoms with E-state index in [1.54, 1.807) is 0 Å². The number of ether oxygens (including phenoxy) is 1. The highest BCUT2D eigenvalue weighted by atomic mass is 19.1. The number of hydrogen-bond donors (Lipinski definition) is 0. The lowest BCUT2D eigenvalue weighted by molar-refractivity contribution is 0.243. The maximum Gasteiger partial charge on any atom is 0.228 e. The van der Waals surface area contributed by atoms with Crippen LogP contribution in [0.25, 0.3) is 4.85 Å². The van der Waals surface area contributed by atoms with Crippen LogP contribution in [-0.2, 0) is 0 Å². The van der Waals surface area contributed by atoms with E-state index in [4.69, 9.17) is 11.3 Å². The van der Waals surface area contributed by atoms with Crippen LogP contribution in [0.5, 0.6) is 5.75 Å². The minimum Gasteiger partial charge on any atom is -0.502 e. The lowest BCUT2D eigenvalue weighted by Crippen LogP contribution is -2.05. The first kappa shape index (κ1) is 9.53. The smallest absolute Gasteiger partial charge is 0.228 e. The molecular weight excluding hydrogens is 169 g/mol. The molecule has 0 bridgehead atoms. The van der Waals surface area contributed by atoms with E-state index in [-0.39, 0.29) is 11.9 Å². The Morgan fingerprint density at radius 1 is 1.46 bits per heavy atom. The van der Waals surface area contributed by atoms with E-state index in [1.807, 2.05) is 13.8 Å². The standard InChI is InChI=1S/C10H10FNO/c1-7(2)13-10-6-8(11)4-5-9(10)12-3/h4-7H,1-2H3. The molecule has 0 fully saturated rings. The van der Waals surface area contributed by atoms with Crippen molar-refractivity contribution in [2.24, 2.45) is 0 Å². The number of hydrogen-bond acceptors (Lipinski definition) is 1. The largest absolute Gasteiger partial charge is 0.502 e. The number of halogens is 1. The van der Waals surface area contributed by atoms with Gasteiger partial charge in [0, 0.05) is 6.07 Å². The molecule has 13 heavy (non-hydrogen) atoms. The summed E-state index contributed by atoms with van der Waals surface area (Å²) in [4.78, 5) is 3.22. The van der Waals surface area contributed by atoms with Crippen molar-refractivity contribution in [1.29, 1.82) is 0 Å². The summed E-state index contributed by atoms with van der Waals surface area (Å²) in [6.07, 6.45) is -0.0534. The molecule has 0 saturated carbocycles. The molecule has 0 aliphatic carbocycles. The van der Waals surface area contributed by atoms with Crippen LogP contribution in [0.1, 0.15) is 13.8 Å². The van der Waals surface area contributed by atoms with Gasteiger partial charge in [0.15, 0.2) is 0 Å². The SMILES string of the molecule is [C-]#[N+]c1ccc(F)cc1OC(C)C. The summed E-state index contributed by atoms with van der Waals surface area (Å²) >= 11 is 0. The third-order valence-electron chi connectivity index (χ3n) is 1.40. The topological polar surface area (TPSA) is 13.6 Å². The minimum absolute atomic E-state index is 0.0534. The van der Waals surface area contributed by atoms with Gasteiger partial charge in [-0.2, -0.15) is 0 Å². The Balaban J connectivity index is 3.03. The summed E-state index contributed by atoms with van der Waals surface area (Å²) in [6.45, 7) is 10.5. The van der Waals surface area contributed by atoms with E-state index in [9.17, 15) is 4.39 Å². The van der Waals surface area contributed by atoms with Crippen LogP contribution in [0.2, 0.25) is 0 Å². The van der Waals surface area contributed by atoms with Crippen LogP contribution >= 0.6 is 0 Å². The molecule has 1 aromatic rings. The van der Waals surface area contributed by atoms with Crippen molar-refractivity contribution in [2.75, 3.05) is 0 Å². The van der Waals surface area contributed by atoms with E-state index in [0.29, 0.717) is 11.4 Å². The zero-order valence-corrected chi connectivity index (χ0v) is 7.54. The molecule has 2 nitrogen and oxygen atoms in total. The second-order valence-electron chi connectivity index (χ2n) is 2.89. The van der Waals surface area contributed by atoms with Gasteiger partial charge in [-0.1, -0.05) is 0 Å². The van der Waals surface area contributed by atoms with Crippen molar-refractivity contribution in [3.05, 3.63) is 35.4 Å². The first-order valence-electron chi connectivity index (χ1n) is 3.97. The molecule has 0 amide bonds. The lowest BCUT2D eigenvalue weighted by Gasteiger charge is -2.10. The molecule has 0 N–H and O–H groups in total. The van der Waals surface area contributed by atoms with Crippen LogP contribution in [0.15, 0.2) is 18.2 Å². The molecule has 0 saturated heterocycles. The first-order valence-corrected chi connectivity index (χ1v) is 3.97. The number of rotatable bonds is 2. The molecule has 1 aromatic carbocycles. The van der Waals surface area contributed by atoms with Crippen LogP contribution in [0.4, 0.5) is 10.1 Å². The average Bonchev–Trinajstić information content (AvgIpc) is 2.03. The van der Waals surface area contributed by atoms with Gasteiger partial charge in [-0.25, -0.2) is 9.24 Å². The van der Waals surface area contributed by atoms with Crippen molar-refractivity contribution < 1.29 is 9.13 Å². The van der Waals surface area contributed by atoms with E-state index in [0.717, 1.165) is 0 Å². The maximum absolute atomic E-state index is 12.8. The van der Waals surface area contributed by atoms with E-state index in [2.05, 4.69) is 4.85 Å². The molecule has 0 aliphatic rings. The number of nitrogens with zero attached hydrogens (tertiary/aromatic N) is 1. The molecule has 0 aliphatic heterocycles. The van der Waals surface area contributed by atoms with E-state index < -0.39 is 0 Å². The molecule has 0 unspecified atom stereocenters. The zero-order valence-electron chi connectivity index (χ0n) is 7.54. The molecule has 0 radical (unpaired) electrons.